The predicted octanol–water partition coefficient (Wildman–Crippen LogP) is 0.944. The minimum Gasteiger partial charge on any atom is -0.391 e. The Kier molecular flexibility index (Phi) is 4.74. The molecule has 0 aromatic rings. The molecule has 3 aliphatic rings. The third kappa shape index (κ3) is 3.48. The monoisotopic (exact) mass is 268 g/mol. The molecule has 2 heterocycles. The van der Waals surface area contributed by atoms with Gasteiger partial charge in [0.1, 0.15) is 0 Å². The lowest BCUT2D eigenvalue weighted by Crippen LogP contribution is -2.51. The van der Waals surface area contributed by atoms with E-state index in [9.17, 15) is 5.11 Å². The van der Waals surface area contributed by atoms with E-state index in [-0.39, 0.29) is 6.10 Å². The van der Waals surface area contributed by atoms with Crippen molar-refractivity contribution in [3.63, 3.8) is 0 Å². The van der Waals surface area contributed by atoms with Gasteiger partial charge in [0.15, 0.2) is 0 Å². The summed E-state index contributed by atoms with van der Waals surface area (Å²) in [7, 11) is 0. The number of hydrogen-bond donors (Lipinski definition) is 1. The first-order chi connectivity index (χ1) is 9.33. The Morgan fingerprint density at radius 2 is 1.79 bits per heavy atom. The summed E-state index contributed by atoms with van der Waals surface area (Å²) in [4.78, 5) is 5.11. The Morgan fingerprint density at radius 1 is 1.05 bits per heavy atom. The lowest BCUT2D eigenvalue weighted by atomic mass is 10.0. The van der Waals surface area contributed by atoms with Crippen LogP contribution in [0, 0.1) is 5.92 Å². The van der Waals surface area contributed by atoms with Crippen LogP contribution in [0.15, 0.2) is 0 Å². The highest BCUT2D eigenvalue weighted by Gasteiger charge is 2.29. The van der Waals surface area contributed by atoms with Gasteiger partial charge in [-0.05, 0) is 19.3 Å². The minimum atomic E-state index is -0.194. The molecule has 2 atom stereocenters. The van der Waals surface area contributed by atoms with E-state index in [0.717, 1.165) is 45.3 Å². The molecular weight excluding hydrogens is 240 g/mol. The van der Waals surface area contributed by atoms with Crippen LogP contribution in [0.2, 0.25) is 0 Å². The predicted molar refractivity (Wildman–Crippen MR) is 75.2 cm³/mol. The van der Waals surface area contributed by atoms with Gasteiger partial charge in [0.2, 0.25) is 0 Å². The van der Waals surface area contributed by atoms with Crippen molar-refractivity contribution >= 4 is 0 Å². The number of rotatable bonds is 4. The van der Waals surface area contributed by atoms with E-state index in [2.05, 4.69) is 9.80 Å². The standard InChI is InChI=1S/C15H28N2O2/c18-15(13-5-10-19-12-13)11-16-6-8-17(9-7-16)14-3-1-2-4-14/h13-15,18H,1-12H2. The van der Waals surface area contributed by atoms with Gasteiger partial charge in [0.05, 0.1) is 12.7 Å². The maximum Gasteiger partial charge on any atom is 0.0718 e. The van der Waals surface area contributed by atoms with Gasteiger partial charge in [-0.3, -0.25) is 9.80 Å². The minimum absolute atomic E-state index is 0.194. The number of ether oxygens (including phenoxy) is 1. The van der Waals surface area contributed by atoms with Gasteiger partial charge in [-0.1, -0.05) is 12.8 Å². The molecule has 110 valence electrons. The van der Waals surface area contributed by atoms with Crippen molar-refractivity contribution in [1.82, 2.24) is 9.80 Å². The molecule has 1 aliphatic carbocycles. The second-order valence-corrected chi connectivity index (χ2v) is 6.47. The Labute approximate surface area is 116 Å². The summed E-state index contributed by atoms with van der Waals surface area (Å²) in [5.41, 5.74) is 0. The Bertz CT molecular complexity index is 267. The number of nitrogens with zero attached hydrogens (tertiary/aromatic N) is 2. The van der Waals surface area contributed by atoms with Crippen molar-refractivity contribution in [3.05, 3.63) is 0 Å². The zero-order valence-electron chi connectivity index (χ0n) is 12.0. The quantitative estimate of drug-likeness (QED) is 0.823. The average Bonchev–Trinajstić information content (AvgIpc) is 3.13. The highest BCUT2D eigenvalue weighted by Crippen LogP contribution is 2.24. The summed E-state index contributed by atoms with van der Waals surface area (Å²) in [6.45, 7) is 7.06. The Balaban J connectivity index is 1.39. The second-order valence-electron chi connectivity index (χ2n) is 6.47. The maximum absolute atomic E-state index is 10.2. The molecule has 2 unspecified atom stereocenters. The average molecular weight is 268 g/mol. The van der Waals surface area contributed by atoms with Crippen LogP contribution in [-0.2, 0) is 4.74 Å². The van der Waals surface area contributed by atoms with Crippen LogP contribution in [0.3, 0.4) is 0 Å². The van der Waals surface area contributed by atoms with Gasteiger partial charge in [0, 0.05) is 51.3 Å². The summed E-state index contributed by atoms with van der Waals surface area (Å²) in [6.07, 6.45) is 6.49. The topological polar surface area (TPSA) is 35.9 Å². The van der Waals surface area contributed by atoms with E-state index < -0.39 is 0 Å². The van der Waals surface area contributed by atoms with Crippen LogP contribution in [0.5, 0.6) is 0 Å². The number of aliphatic hydroxyl groups excluding tert-OH is 1. The van der Waals surface area contributed by atoms with Crippen molar-refractivity contribution in [1.29, 1.82) is 0 Å². The summed E-state index contributed by atoms with van der Waals surface area (Å²) in [6, 6.07) is 0.857. The molecule has 2 saturated heterocycles. The van der Waals surface area contributed by atoms with E-state index >= 15 is 0 Å². The smallest absolute Gasteiger partial charge is 0.0718 e. The van der Waals surface area contributed by atoms with E-state index in [1.807, 2.05) is 0 Å². The normalized spacial score (nSPS) is 33.0. The first kappa shape index (κ1) is 13.8. The van der Waals surface area contributed by atoms with Gasteiger partial charge in [-0.25, -0.2) is 0 Å². The number of hydrogen-bond acceptors (Lipinski definition) is 4. The van der Waals surface area contributed by atoms with Crippen LogP contribution in [0.25, 0.3) is 0 Å². The molecule has 0 aromatic heterocycles. The number of β-amino-alcohol motifs (C(OH)–C–C–N with tert-alkyl or cyclic N) is 1. The second kappa shape index (κ2) is 6.53. The van der Waals surface area contributed by atoms with Crippen LogP contribution >= 0.6 is 0 Å². The molecule has 0 amide bonds. The first-order valence-corrected chi connectivity index (χ1v) is 8.05. The van der Waals surface area contributed by atoms with E-state index in [1.54, 1.807) is 0 Å². The third-order valence-electron chi connectivity index (χ3n) is 5.20. The molecular formula is C15H28N2O2. The fourth-order valence-electron chi connectivity index (χ4n) is 3.85. The van der Waals surface area contributed by atoms with Crippen molar-refractivity contribution in [2.45, 2.75) is 44.2 Å². The van der Waals surface area contributed by atoms with Gasteiger partial charge >= 0.3 is 0 Å². The molecule has 3 fully saturated rings. The fourth-order valence-corrected chi connectivity index (χ4v) is 3.85. The lowest BCUT2D eigenvalue weighted by molar-refractivity contribution is 0.0288. The van der Waals surface area contributed by atoms with E-state index in [0.29, 0.717) is 5.92 Å². The highest BCUT2D eigenvalue weighted by molar-refractivity contribution is 4.84. The SMILES string of the molecule is OC(CN1CCN(C2CCCC2)CC1)C1CCOC1. The molecule has 19 heavy (non-hydrogen) atoms. The third-order valence-corrected chi connectivity index (χ3v) is 5.20. The summed E-state index contributed by atoms with van der Waals surface area (Å²) >= 11 is 0. The van der Waals surface area contributed by atoms with Crippen molar-refractivity contribution in [2.24, 2.45) is 5.92 Å². The van der Waals surface area contributed by atoms with Crippen molar-refractivity contribution in [2.75, 3.05) is 45.9 Å². The molecule has 0 spiro atoms. The molecule has 1 saturated carbocycles. The Morgan fingerprint density at radius 3 is 2.42 bits per heavy atom. The number of aliphatic hydroxyl groups is 1. The largest absolute Gasteiger partial charge is 0.391 e. The molecule has 2 aliphatic heterocycles. The van der Waals surface area contributed by atoms with Gasteiger partial charge in [0.25, 0.3) is 0 Å². The lowest BCUT2D eigenvalue weighted by Gasteiger charge is -2.39. The van der Waals surface area contributed by atoms with Crippen molar-refractivity contribution in [3.8, 4) is 0 Å². The van der Waals surface area contributed by atoms with Crippen LogP contribution in [-0.4, -0.2) is 73.0 Å². The molecule has 3 rings (SSSR count). The molecule has 1 N–H and O–H groups in total. The molecule has 0 radical (unpaired) electrons. The summed E-state index contributed by atoms with van der Waals surface area (Å²) in [5.74, 6) is 0.368. The molecule has 4 heteroatoms. The first-order valence-electron chi connectivity index (χ1n) is 8.05. The number of piperazine rings is 1. The zero-order valence-corrected chi connectivity index (χ0v) is 12.0. The van der Waals surface area contributed by atoms with E-state index in [1.165, 1.54) is 38.8 Å². The Hall–Kier alpha value is -0.160. The molecule has 4 nitrogen and oxygen atoms in total. The van der Waals surface area contributed by atoms with Crippen LogP contribution in [0.1, 0.15) is 32.1 Å². The van der Waals surface area contributed by atoms with Gasteiger partial charge in [-0.2, -0.15) is 0 Å². The fraction of sp³-hybridized carbons (Fsp3) is 1.00. The molecule has 0 bridgehead atoms. The van der Waals surface area contributed by atoms with Crippen LogP contribution < -0.4 is 0 Å². The summed E-state index contributed by atoms with van der Waals surface area (Å²) < 4.78 is 5.37. The zero-order chi connectivity index (χ0) is 13.1. The van der Waals surface area contributed by atoms with Gasteiger partial charge < -0.3 is 9.84 Å². The highest BCUT2D eigenvalue weighted by atomic mass is 16.5. The summed E-state index contributed by atoms with van der Waals surface area (Å²) in [5, 5.41) is 10.2. The van der Waals surface area contributed by atoms with Crippen molar-refractivity contribution < 1.29 is 9.84 Å². The van der Waals surface area contributed by atoms with Crippen LogP contribution in [0.4, 0.5) is 0 Å². The van der Waals surface area contributed by atoms with E-state index in [4.69, 9.17) is 4.74 Å². The maximum atomic E-state index is 10.2. The molecule has 0 aromatic carbocycles. The van der Waals surface area contributed by atoms with Gasteiger partial charge in [-0.15, -0.1) is 0 Å².